The van der Waals surface area contributed by atoms with Gasteiger partial charge in [0, 0.05) is 4.47 Å². The molecule has 0 amide bonds. The van der Waals surface area contributed by atoms with Gasteiger partial charge in [-0.3, -0.25) is 4.79 Å². The minimum absolute atomic E-state index is 0.261. The van der Waals surface area contributed by atoms with Gasteiger partial charge in [-0.05, 0) is 40.5 Å². The average molecular weight is 278 g/mol. The van der Waals surface area contributed by atoms with Gasteiger partial charge >= 0.3 is 5.97 Å². The number of halogens is 2. The molecule has 0 radical (unpaired) electrons. The number of ether oxygens (including phenoxy) is 1. The van der Waals surface area contributed by atoms with E-state index in [2.05, 4.69) is 20.7 Å². The maximum atomic E-state index is 11.2. The zero-order valence-corrected chi connectivity index (χ0v) is 10.2. The molecule has 76 valence electrons. The minimum atomic E-state index is -0.286. The Hall–Kier alpha value is -0.540. The van der Waals surface area contributed by atoms with Gasteiger partial charge in [-0.25, -0.2) is 0 Å². The van der Waals surface area contributed by atoms with Gasteiger partial charge in [-0.15, -0.1) is 0 Å². The molecule has 1 atom stereocenters. The Morgan fingerprint density at radius 2 is 2.21 bits per heavy atom. The van der Waals surface area contributed by atoms with Crippen molar-refractivity contribution in [2.24, 2.45) is 0 Å². The molecule has 4 heteroatoms. The van der Waals surface area contributed by atoms with E-state index in [1.165, 1.54) is 7.11 Å². The van der Waals surface area contributed by atoms with E-state index in [0.717, 1.165) is 10.0 Å². The van der Waals surface area contributed by atoms with Crippen molar-refractivity contribution in [2.75, 3.05) is 7.11 Å². The first kappa shape index (κ1) is 11.5. The van der Waals surface area contributed by atoms with Crippen LogP contribution in [0.2, 0.25) is 5.02 Å². The number of carbonyl (C=O) groups is 1. The van der Waals surface area contributed by atoms with Crippen molar-refractivity contribution in [3.63, 3.8) is 0 Å². The third-order valence-electron chi connectivity index (χ3n) is 2.00. The highest BCUT2D eigenvalue weighted by Gasteiger charge is 2.16. The largest absolute Gasteiger partial charge is 0.469 e. The van der Waals surface area contributed by atoms with E-state index in [0.29, 0.717) is 5.02 Å². The Morgan fingerprint density at radius 1 is 1.57 bits per heavy atom. The smallest absolute Gasteiger partial charge is 0.312 e. The van der Waals surface area contributed by atoms with Crippen molar-refractivity contribution in [2.45, 2.75) is 12.8 Å². The van der Waals surface area contributed by atoms with Gasteiger partial charge < -0.3 is 4.74 Å². The van der Waals surface area contributed by atoms with E-state index in [4.69, 9.17) is 11.6 Å². The Bertz CT molecular complexity index is 352. The van der Waals surface area contributed by atoms with E-state index in [1.807, 2.05) is 12.1 Å². The summed E-state index contributed by atoms with van der Waals surface area (Å²) >= 11 is 9.19. The highest BCUT2D eigenvalue weighted by atomic mass is 79.9. The number of rotatable bonds is 2. The lowest BCUT2D eigenvalue weighted by atomic mass is 10.0. The van der Waals surface area contributed by atoms with Crippen LogP contribution in [0.4, 0.5) is 0 Å². The summed E-state index contributed by atoms with van der Waals surface area (Å²) in [7, 11) is 1.37. The van der Waals surface area contributed by atoms with Gasteiger partial charge in [-0.1, -0.05) is 17.7 Å². The molecule has 2 nitrogen and oxygen atoms in total. The number of hydrogen-bond donors (Lipinski definition) is 0. The minimum Gasteiger partial charge on any atom is -0.469 e. The van der Waals surface area contributed by atoms with Crippen molar-refractivity contribution in [3.05, 3.63) is 33.3 Å². The second-order valence-corrected chi connectivity index (χ2v) is 4.18. The maximum Gasteiger partial charge on any atom is 0.312 e. The van der Waals surface area contributed by atoms with Crippen LogP contribution < -0.4 is 0 Å². The Morgan fingerprint density at radius 3 is 2.71 bits per heavy atom. The van der Waals surface area contributed by atoms with Crippen molar-refractivity contribution in [1.82, 2.24) is 0 Å². The molecular formula is C10H10BrClO2. The van der Waals surface area contributed by atoms with Gasteiger partial charge in [0.25, 0.3) is 0 Å². The normalized spacial score (nSPS) is 12.3. The molecule has 0 aliphatic rings. The molecule has 0 fully saturated rings. The molecule has 1 aromatic rings. The molecule has 0 aliphatic carbocycles. The zero-order chi connectivity index (χ0) is 10.7. The van der Waals surface area contributed by atoms with E-state index >= 15 is 0 Å². The van der Waals surface area contributed by atoms with Crippen molar-refractivity contribution in [3.8, 4) is 0 Å². The maximum absolute atomic E-state index is 11.2. The summed E-state index contributed by atoms with van der Waals surface area (Å²) in [5, 5.41) is 0.596. The standard InChI is InChI=1S/C10H10BrClO2/c1-6(10(13)14-2)7-3-4-8(11)9(12)5-7/h3-6H,1-2H3. The van der Waals surface area contributed by atoms with Crippen LogP contribution in [-0.2, 0) is 9.53 Å². The van der Waals surface area contributed by atoms with Crippen LogP contribution in [0.15, 0.2) is 22.7 Å². The summed E-state index contributed by atoms with van der Waals surface area (Å²) in [4.78, 5) is 11.2. The van der Waals surface area contributed by atoms with Crippen LogP contribution in [0, 0.1) is 0 Å². The predicted molar refractivity (Wildman–Crippen MR) is 59.6 cm³/mol. The lowest BCUT2D eigenvalue weighted by Gasteiger charge is -2.09. The summed E-state index contributed by atoms with van der Waals surface area (Å²) in [6.07, 6.45) is 0. The van der Waals surface area contributed by atoms with Crippen LogP contribution in [0.3, 0.4) is 0 Å². The molecule has 0 spiro atoms. The van der Waals surface area contributed by atoms with Crippen molar-refractivity contribution >= 4 is 33.5 Å². The van der Waals surface area contributed by atoms with Gasteiger partial charge in [0.1, 0.15) is 0 Å². The lowest BCUT2D eigenvalue weighted by Crippen LogP contribution is -2.10. The number of benzene rings is 1. The van der Waals surface area contributed by atoms with Crippen LogP contribution in [0.5, 0.6) is 0 Å². The third kappa shape index (κ3) is 2.49. The first-order valence-electron chi connectivity index (χ1n) is 4.09. The first-order valence-corrected chi connectivity index (χ1v) is 5.26. The molecule has 14 heavy (non-hydrogen) atoms. The Labute approximate surface area is 96.3 Å². The molecule has 0 N–H and O–H groups in total. The fraction of sp³-hybridized carbons (Fsp3) is 0.300. The fourth-order valence-electron chi connectivity index (χ4n) is 1.09. The van der Waals surface area contributed by atoms with Crippen molar-refractivity contribution in [1.29, 1.82) is 0 Å². The van der Waals surface area contributed by atoms with E-state index in [-0.39, 0.29) is 11.9 Å². The molecule has 1 rings (SSSR count). The fourth-order valence-corrected chi connectivity index (χ4v) is 1.53. The quantitative estimate of drug-likeness (QED) is 0.775. The summed E-state index contributed by atoms with van der Waals surface area (Å²) in [6.45, 7) is 1.78. The molecule has 0 heterocycles. The van der Waals surface area contributed by atoms with E-state index < -0.39 is 0 Å². The molecule has 0 aliphatic heterocycles. The lowest BCUT2D eigenvalue weighted by molar-refractivity contribution is -0.141. The highest BCUT2D eigenvalue weighted by molar-refractivity contribution is 9.10. The van der Waals surface area contributed by atoms with Gasteiger partial charge in [0.05, 0.1) is 18.1 Å². The molecule has 0 aromatic heterocycles. The molecule has 0 saturated carbocycles. The van der Waals surface area contributed by atoms with Gasteiger partial charge in [-0.2, -0.15) is 0 Å². The van der Waals surface area contributed by atoms with Gasteiger partial charge in [0.2, 0.25) is 0 Å². The average Bonchev–Trinajstić information content (AvgIpc) is 2.20. The SMILES string of the molecule is COC(=O)C(C)c1ccc(Br)c(Cl)c1. The Balaban J connectivity index is 2.96. The molecular weight excluding hydrogens is 267 g/mol. The van der Waals surface area contributed by atoms with Crippen LogP contribution in [0.1, 0.15) is 18.4 Å². The number of hydrogen-bond acceptors (Lipinski definition) is 2. The first-order chi connectivity index (χ1) is 6.56. The predicted octanol–water partition coefficient (Wildman–Crippen LogP) is 3.38. The third-order valence-corrected chi connectivity index (χ3v) is 3.23. The summed E-state index contributed by atoms with van der Waals surface area (Å²) in [6, 6.07) is 5.42. The Kier molecular flexibility index (Phi) is 3.96. The monoisotopic (exact) mass is 276 g/mol. The van der Waals surface area contributed by atoms with Crippen LogP contribution >= 0.6 is 27.5 Å². The number of methoxy groups -OCH3 is 1. The van der Waals surface area contributed by atoms with Crippen LogP contribution in [-0.4, -0.2) is 13.1 Å². The summed E-state index contributed by atoms with van der Waals surface area (Å²) < 4.78 is 5.46. The van der Waals surface area contributed by atoms with E-state index in [1.54, 1.807) is 13.0 Å². The van der Waals surface area contributed by atoms with Crippen molar-refractivity contribution < 1.29 is 9.53 Å². The highest BCUT2D eigenvalue weighted by Crippen LogP contribution is 2.27. The summed E-state index contributed by atoms with van der Waals surface area (Å²) in [5.41, 5.74) is 0.852. The topological polar surface area (TPSA) is 26.3 Å². The molecule has 0 saturated heterocycles. The molecule has 1 unspecified atom stereocenters. The van der Waals surface area contributed by atoms with Gasteiger partial charge in [0.15, 0.2) is 0 Å². The summed E-state index contributed by atoms with van der Waals surface area (Å²) in [5.74, 6) is -0.547. The number of esters is 1. The molecule has 0 bridgehead atoms. The van der Waals surface area contributed by atoms with E-state index in [9.17, 15) is 4.79 Å². The second kappa shape index (κ2) is 4.80. The second-order valence-electron chi connectivity index (χ2n) is 2.92. The zero-order valence-electron chi connectivity index (χ0n) is 7.88. The molecule has 1 aromatic carbocycles. The number of carbonyl (C=O) groups excluding carboxylic acids is 1. The van der Waals surface area contributed by atoms with Crippen LogP contribution in [0.25, 0.3) is 0 Å².